The summed E-state index contributed by atoms with van der Waals surface area (Å²) >= 11 is 13.9. The van der Waals surface area contributed by atoms with Crippen LogP contribution in [0.25, 0.3) is 15.8 Å². The van der Waals surface area contributed by atoms with Crippen molar-refractivity contribution in [3.8, 4) is 0 Å². The van der Waals surface area contributed by atoms with Gasteiger partial charge in [-0.3, -0.25) is 15.1 Å². The van der Waals surface area contributed by atoms with Crippen LogP contribution < -0.4 is 10.3 Å². The number of halogens is 2. The molecule has 186 valence electrons. The lowest BCUT2D eigenvalue weighted by Gasteiger charge is -2.37. The lowest BCUT2D eigenvalue weighted by molar-refractivity contribution is 0.505. The van der Waals surface area contributed by atoms with E-state index in [2.05, 4.69) is 0 Å². The number of nitrogens with one attached hydrogen (secondary N) is 1. The molecular weight excluding hydrogens is 535 g/mol. The van der Waals surface area contributed by atoms with E-state index in [0.717, 1.165) is 10.3 Å². The van der Waals surface area contributed by atoms with Gasteiger partial charge in [-0.1, -0.05) is 83.9 Å². The van der Waals surface area contributed by atoms with Gasteiger partial charge < -0.3 is 5.11 Å². The summed E-state index contributed by atoms with van der Waals surface area (Å²) in [6.07, 6.45) is 0. The fourth-order valence-electron chi connectivity index (χ4n) is 4.91. The summed E-state index contributed by atoms with van der Waals surface area (Å²) in [5, 5.41) is 23.4. The summed E-state index contributed by atoms with van der Waals surface area (Å²) in [7, 11) is 0. The summed E-state index contributed by atoms with van der Waals surface area (Å²) < 4.78 is 0.726. The van der Waals surface area contributed by atoms with Crippen molar-refractivity contribution in [2.75, 3.05) is 4.90 Å². The fraction of sp³-hybridized carbons (Fsp3) is 0.0323. The molecule has 1 aliphatic heterocycles. The normalized spacial score (nSPS) is 16.4. The first-order chi connectivity index (χ1) is 18.4. The third-order valence-corrected chi connectivity index (χ3v) is 8.29. The van der Waals surface area contributed by atoms with Gasteiger partial charge in [-0.2, -0.15) is 0 Å². The zero-order valence-electron chi connectivity index (χ0n) is 19.9. The van der Waals surface area contributed by atoms with Gasteiger partial charge in [-0.25, -0.2) is 0 Å². The number of rotatable bonds is 3. The molecule has 2 N–H and O–H groups in total. The first-order valence-electron chi connectivity index (χ1n) is 11.9. The maximum Gasteiger partial charge on any atom is 0.194 e. The SMILES string of the molecule is N=C1/C(=C(/O)c2ccccc2)[C@@H](c2ccc(Cl)cc2)c2c(sc3cc(Cl)ccc3c2=O)N1c1ccccc1. The molecule has 6 rings (SSSR count). The summed E-state index contributed by atoms with van der Waals surface area (Å²) in [5.41, 5.74) is 2.69. The standard InChI is InChI=1S/C31H20Cl2N2O2S/c32-20-13-11-18(12-14-20)25-26(28(36)19-7-3-1-4-8-19)30(34)35(22-9-5-2-6-10-22)31-27(25)29(37)23-16-15-21(33)17-24(23)38-31/h1-17,25,34,36H/b28-26+,34-30?/t25-/m1/s1. The number of amidine groups is 1. The van der Waals surface area contributed by atoms with Gasteiger partial charge in [-0.15, -0.1) is 11.3 Å². The van der Waals surface area contributed by atoms with Crippen LogP contribution in [-0.4, -0.2) is 10.9 Å². The quantitative estimate of drug-likeness (QED) is 0.219. The molecule has 1 atom stereocenters. The molecule has 0 aliphatic carbocycles. The summed E-state index contributed by atoms with van der Waals surface area (Å²) in [5.74, 6) is -0.663. The third kappa shape index (κ3) is 4.09. The van der Waals surface area contributed by atoms with Crippen molar-refractivity contribution in [1.29, 1.82) is 5.41 Å². The van der Waals surface area contributed by atoms with Crippen LogP contribution in [0.4, 0.5) is 10.7 Å². The van der Waals surface area contributed by atoms with Gasteiger partial charge in [0.15, 0.2) is 5.43 Å². The molecule has 5 aromatic rings. The highest BCUT2D eigenvalue weighted by Crippen LogP contribution is 2.49. The molecule has 1 aromatic heterocycles. The monoisotopic (exact) mass is 554 g/mol. The molecule has 0 radical (unpaired) electrons. The average Bonchev–Trinajstić information content (AvgIpc) is 2.93. The molecule has 0 saturated carbocycles. The summed E-state index contributed by atoms with van der Waals surface area (Å²) in [6.45, 7) is 0. The number of nitrogens with zero attached hydrogens (tertiary/aromatic N) is 1. The third-order valence-electron chi connectivity index (χ3n) is 6.65. The van der Waals surface area contributed by atoms with Gasteiger partial charge in [0.1, 0.15) is 16.6 Å². The molecule has 0 bridgehead atoms. The number of fused-ring (bicyclic) bond motifs is 2. The van der Waals surface area contributed by atoms with Crippen LogP contribution in [0.1, 0.15) is 22.6 Å². The number of aliphatic hydroxyl groups excluding tert-OH is 1. The first-order valence-corrected chi connectivity index (χ1v) is 13.5. The number of hydrogen-bond acceptors (Lipinski definition) is 4. The number of benzene rings is 4. The highest BCUT2D eigenvalue weighted by Gasteiger charge is 2.40. The number of para-hydroxylation sites is 1. The van der Waals surface area contributed by atoms with Gasteiger partial charge in [0.25, 0.3) is 0 Å². The van der Waals surface area contributed by atoms with E-state index in [0.29, 0.717) is 42.8 Å². The lowest BCUT2D eigenvalue weighted by atomic mass is 9.80. The van der Waals surface area contributed by atoms with Gasteiger partial charge in [0.05, 0.1) is 0 Å². The maximum absolute atomic E-state index is 14.3. The summed E-state index contributed by atoms with van der Waals surface area (Å²) in [6, 6.07) is 31.0. The first kappa shape index (κ1) is 24.4. The van der Waals surface area contributed by atoms with Gasteiger partial charge in [0, 0.05) is 48.4 Å². The molecule has 2 heterocycles. The maximum atomic E-state index is 14.3. The number of aliphatic hydroxyl groups is 1. The topological polar surface area (TPSA) is 64.4 Å². The van der Waals surface area contributed by atoms with Crippen molar-refractivity contribution in [3.05, 3.63) is 146 Å². The fourth-order valence-corrected chi connectivity index (χ4v) is 6.54. The van der Waals surface area contributed by atoms with Crippen molar-refractivity contribution >= 4 is 66.9 Å². The smallest absolute Gasteiger partial charge is 0.194 e. The Hall–Kier alpha value is -3.90. The van der Waals surface area contributed by atoms with E-state index >= 15 is 0 Å². The Morgan fingerprint density at radius 3 is 2.16 bits per heavy atom. The zero-order valence-corrected chi connectivity index (χ0v) is 22.2. The Bertz CT molecular complexity index is 1780. The second kappa shape index (κ2) is 9.76. The minimum atomic E-state index is -0.696. The van der Waals surface area contributed by atoms with Gasteiger partial charge >= 0.3 is 0 Å². The van der Waals surface area contributed by atoms with Crippen LogP contribution in [0.15, 0.2) is 113 Å². The predicted molar refractivity (Wildman–Crippen MR) is 159 cm³/mol. The Morgan fingerprint density at radius 1 is 0.842 bits per heavy atom. The van der Waals surface area contributed by atoms with E-state index in [1.807, 2.05) is 60.7 Å². The summed E-state index contributed by atoms with van der Waals surface area (Å²) in [4.78, 5) is 16.0. The largest absolute Gasteiger partial charge is 0.507 e. The Kier molecular flexibility index (Phi) is 6.28. The Labute approximate surface area is 233 Å². The second-order valence-corrected chi connectivity index (χ2v) is 10.8. The van der Waals surface area contributed by atoms with Crippen LogP contribution in [0.5, 0.6) is 0 Å². The highest BCUT2D eigenvalue weighted by molar-refractivity contribution is 7.22. The Balaban J connectivity index is 1.76. The number of anilines is 2. The van der Waals surface area contributed by atoms with Gasteiger partial charge in [0.2, 0.25) is 0 Å². The predicted octanol–water partition coefficient (Wildman–Crippen LogP) is 8.80. The molecule has 0 saturated heterocycles. The van der Waals surface area contributed by atoms with Crippen molar-refractivity contribution < 1.29 is 5.11 Å². The molecule has 0 amide bonds. The molecular formula is C31H20Cl2N2O2S. The minimum absolute atomic E-state index is 0.0530. The molecule has 4 nitrogen and oxygen atoms in total. The number of hydrogen-bond donors (Lipinski definition) is 2. The van der Waals surface area contributed by atoms with E-state index < -0.39 is 5.92 Å². The van der Waals surface area contributed by atoms with Crippen molar-refractivity contribution in [1.82, 2.24) is 0 Å². The van der Waals surface area contributed by atoms with Crippen LogP contribution in [0.2, 0.25) is 10.0 Å². The van der Waals surface area contributed by atoms with E-state index in [4.69, 9.17) is 23.2 Å². The minimum Gasteiger partial charge on any atom is -0.507 e. The van der Waals surface area contributed by atoms with Gasteiger partial charge in [-0.05, 0) is 48.0 Å². The van der Waals surface area contributed by atoms with E-state index in [9.17, 15) is 15.3 Å². The average molecular weight is 555 g/mol. The Morgan fingerprint density at radius 2 is 1.47 bits per heavy atom. The molecule has 1 aliphatic rings. The second-order valence-electron chi connectivity index (χ2n) is 8.92. The van der Waals surface area contributed by atoms with E-state index in [-0.39, 0.29) is 17.0 Å². The van der Waals surface area contributed by atoms with Crippen molar-refractivity contribution in [2.45, 2.75) is 5.92 Å². The van der Waals surface area contributed by atoms with Crippen molar-refractivity contribution in [3.63, 3.8) is 0 Å². The van der Waals surface area contributed by atoms with Crippen LogP contribution >= 0.6 is 34.5 Å². The molecule has 4 aromatic carbocycles. The van der Waals surface area contributed by atoms with E-state index in [1.165, 1.54) is 11.3 Å². The zero-order chi connectivity index (χ0) is 26.4. The molecule has 0 fully saturated rings. The molecule has 0 spiro atoms. The van der Waals surface area contributed by atoms with E-state index in [1.54, 1.807) is 47.4 Å². The van der Waals surface area contributed by atoms with Crippen LogP contribution in [0.3, 0.4) is 0 Å². The van der Waals surface area contributed by atoms with Crippen LogP contribution in [0, 0.1) is 5.41 Å². The lowest BCUT2D eigenvalue weighted by Crippen LogP contribution is -2.38. The molecule has 0 unspecified atom stereocenters. The highest BCUT2D eigenvalue weighted by atomic mass is 35.5. The molecule has 7 heteroatoms. The van der Waals surface area contributed by atoms with Crippen LogP contribution in [-0.2, 0) is 0 Å². The molecule has 38 heavy (non-hydrogen) atoms. The van der Waals surface area contributed by atoms with Crippen molar-refractivity contribution in [2.24, 2.45) is 0 Å².